The topological polar surface area (TPSA) is 57.6 Å². The third-order valence-electron chi connectivity index (χ3n) is 3.29. The van der Waals surface area contributed by atoms with Gasteiger partial charge in [0.2, 0.25) is 0 Å². The summed E-state index contributed by atoms with van der Waals surface area (Å²) in [6.45, 7) is 5.89. The summed E-state index contributed by atoms with van der Waals surface area (Å²) in [6.07, 6.45) is 0. The van der Waals surface area contributed by atoms with Crippen molar-refractivity contribution in [2.24, 2.45) is 5.41 Å². The van der Waals surface area contributed by atoms with E-state index in [1.54, 1.807) is 12.1 Å². The molecule has 0 saturated carbocycles. The maximum atomic E-state index is 12.8. The second-order valence-corrected chi connectivity index (χ2v) is 8.51. The Morgan fingerprint density at radius 1 is 1.19 bits per heavy atom. The van der Waals surface area contributed by atoms with Crippen molar-refractivity contribution in [1.29, 1.82) is 0 Å². The number of hydrogen-bond acceptors (Lipinski definition) is 3. The van der Waals surface area contributed by atoms with Gasteiger partial charge < -0.3 is 10.0 Å². The predicted molar refractivity (Wildman–Crippen MR) is 107 cm³/mol. The van der Waals surface area contributed by atoms with Crippen LogP contribution in [0.1, 0.15) is 45.7 Å². The number of carboxylic acids is 1. The van der Waals surface area contributed by atoms with E-state index in [1.807, 2.05) is 20.8 Å². The van der Waals surface area contributed by atoms with Crippen LogP contribution < -0.4 is 4.90 Å². The van der Waals surface area contributed by atoms with Gasteiger partial charge in [-0.25, -0.2) is 4.79 Å². The second kappa shape index (κ2) is 7.71. The smallest absolute Gasteiger partial charge is 0.348 e. The summed E-state index contributed by atoms with van der Waals surface area (Å²) in [5, 5.41) is 10.1. The lowest BCUT2D eigenvalue weighted by Gasteiger charge is -2.17. The first kappa shape index (κ1) is 20.3. The van der Waals surface area contributed by atoms with Gasteiger partial charge in [0, 0.05) is 17.5 Å². The van der Waals surface area contributed by atoms with E-state index in [-0.39, 0.29) is 26.6 Å². The highest BCUT2D eigenvalue weighted by Crippen LogP contribution is 2.32. The third kappa shape index (κ3) is 4.79. The van der Waals surface area contributed by atoms with Crippen LogP contribution in [0.25, 0.3) is 0 Å². The average molecular weight is 410 g/mol. The van der Waals surface area contributed by atoms with Crippen molar-refractivity contribution >= 4 is 52.1 Å². The first-order valence-electron chi connectivity index (χ1n) is 7.63. The maximum Gasteiger partial charge on any atom is 0.348 e. The lowest BCUT2D eigenvalue weighted by atomic mass is 9.98. The quantitative estimate of drug-likeness (QED) is 0.687. The Balaban J connectivity index is 2.45. The molecule has 0 radical (unpaired) electrons. The van der Waals surface area contributed by atoms with Crippen LogP contribution in [0.2, 0.25) is 10.0 Å². The third-order valence-corrected chi connectivity index (χ3v) is 4.87. The molecule has 2 aromatic rings. The van der Waals surface area contributed by atoms with Gasteiger partial charge in [-0.1, -0.05) is 35.0 Å². The molecule has 1 N–H and O–H groups in total. The van der Waals surface area contributed by atoms with E-state index in [4.69, 9.17) is 23.2 Å². The van der Waals surface area contributed by atoms with Gasteiger partial charge in [-0.15, -0.1) is 11.3 Å². The highest BCUT2D eigenvalue weighted by molar-refractivity contribution is 7.15. The van der Waals surface area contributed by atoms with Crippen molar-refractivity contribution < 1.29 is 14.7 Å². The van der Waals surface area contributed by atoms with Crippen LogP contribution in [0.4, 0.5) is 5.69 Å². The fraction of sp³-hybridized carbons (Fsp3) is 0.263. The van der Waals surface area contributed by atoms with Crippen LogP contribution in [0.3, 0.4) is 0 Å². The lowest BCUT2D eigenvalue weighted by molar-refractivity contribution is 0.0703. The fourth-order valence-electron chi connectivity index (χ4n) is 2.05. The van der Waals surface area contributed by atoms with E-state index in [0.29, 0.717) is 9.90 Å². The van der Waals surface area contributed by atoms with Gasteiger partial charge in [-0.05, 0) is 45.0 Å². The molecule has 26 heavy (non-hydrogen) atoms. The molecule has 1 aromatic heterocycles. The number of carboxylic acid groups (broad SMARTS) is 1. The number of benzene rings is 1. The minimum atomic E-state index is -1.12. The van der Waals surface area contributed by atoms with Crippen molar-refractivity contribution in [2.45, 2.75) is 20.8 Å². The minimum Gasteiger partial charge on any atom is -0.477 e. The van der Waals surface area contributed by atoms with Crippen LogP contribution in [-0.4, -0.2) is 24.0 Å². The zero-order valence-electron chi connectivity index (χ0n) is 14.7. The van der Waals surface area contributed by atoms with Gasteiger partial charge in [0.1, 0.15) is 4.88 Å². The molecule has 0 spiro atoms. The van der Waals surface area contributed by atoms with Gasteiger partial charge >= 0.3 is 5.97 Å². The summed E-state index contributed by atoms with van der Waals surface area (Å²) in [6, 6.07) is 6.14. The summed E-state index contributed by atoms with van der Waals surface area (Å²) in [5.74, 6) is 4.49. The number of carbonyl (C=O) groups excluding carboxylic acids is 1. The van der Waals surface area contributed by atoms with Crippen molar-refractivity contribution in [1.82, 2.24) is 0 Å². The Hall–Kier alpha value is -2.00. The van der Waals surface area contributed by atoms with E-state index < -0.39 is 11.9 Å². The summed E-state index contributed by atoms with van der Waals surface area (Å²) < 4.78 is 0. The van der Waals surface area contributed by atoms with E-state index in [2.05, 4.69) is 11.8 Å². The highest BCUT2D eigenvalue weighted by Gasteiger charge is 2.24. The summed E-state index contributed by atoms with van der Waals surface area (Å²) >= 11 is 13.0. The van der Waals surface area contributed by atoms with E-state index in [0.717, 1.165) is 11.3 Å². The van der Waals surface area contributed by atoms with E-state index in [1.165, 1.54) is 24.1 Å². The molecular weight excluding hydrogens is 393 g/mol. The number of aromatic carboxylic acids is 1. The van der Waals surface area contributed by atoms with Crippen molar-refractivity contribution in [2.75, 3.05) is 11.9 Å². The van der Waals surface area contributed by atoms with E-state index >= 15 is 0 Å². The molecule has 0 fully saturated rings. The fourth-order valence-corrected chi connectivity index (χ4v) is 3.42. The molecule has 136 valence electrons. The Bertz CT molecular complexity index is 932. The molecule has 0 aliphatic rings. The number of amides is 1. The number of rotatable bonds is 3. The largest absolute Gasteiger partial charge is 0.477 e. The van der Waals surface area contributed by atoms with Gasteiger partial charge in [0.25, 0.3) is 5.91 Å². The standard InChI is InChI=1S/C19H17Cl2NO3S/c1-19(2,3)8-7-12-10-15(16(26-12)18(24)25)22(4)17(23)13-6-5-11(20)9-14(13)21/h5-6,9-10H,1-4H3,(H,24,25). The molecule has 4 nitrogen and oxygen atoms in total. The maximum absolute atomic E-state index is 12.8. The Morgan fingerprint density at radius 3 is 2.38 bits per heavy atom. The number of carbonyl (C=O) groups is 2. The molecule has 0 bridgehead atoms. The minimum absolute atomic E-state index is 0.0455. The Kier molecular flexibility index (Phi) is 6.02. The molecule has 0 aliphatic heterocycles. The Labute approximate surface area is 166 Å². The lowest BCUT2D eigenvalue weighted by Crippen LogP contribution is -2.27. The predicted octanol–water partition coefficient (Wildman–Crippen LogP) is 5.43. The monoisotopic (exact) mass is 409 g/mol. The molecule has 1 heterocycles. The zero-order chi connectivity index (χ0) is 19.6. The van der Waals surface area contributed by atoms with Crippen LogP contribution in [0.15, 0.2) is 24.3 Å². The molecule has 0 atom stereocenters. The first-order valence-corrected chi connectivity index (χ1v) is 9.20. The van der Waals surface area contributed by atoms with Crippen molar-refractivity contribution in [3.63, 3.8) is 0 Å². The average Bonchev–Trinajstić information content (AvgIpc) is 2.95. The highest BCUT2D eigenvalue weighted by atomic mass is 35.5. The zero-order valence-corrected chi connectivity index (χ0v) is 17.0. The normalized spacial score (nSPS) is 10.8. The van der Waals surface area contributed by atoms with Crippen molar-refractivity contribution in [3.05, 3.63) is 49.6 Å². The number of anilines is 1. The van der Waals surface area contributed by atoms with Gasteiger partial charge in [-0.2, -0.15) is 0 Å². The van der Waals surface area contributed by atoms with Gasteiger partial charge in [-0.3, -0.25) is 4.79 Å². The number of thiophene rings is 1. The molecule has 0 aliphatic carbocycles. The molecular formula is C19H17Cl2NO3S. The van der Waals surface area contributed by atoms with Crippen LogP contribution in [0.5, 0.6) is 0 Å². The number of hydrogen-bond donors (Lipinski definition) is 1. The number of halogens is 2. The van der Waals surface area contributed by atoms with E-state index in [9.17, 15) is 14.7 Å². The summed E-state index contributed by atoms with van der Waals surface area (Å²) in [4.78, 5) is 26.2. The number of nitrogens with zero attached hydrogens (tertiary/aromatic N) is 1. The van der Waals surface area contributed by atoms with Crippen LogP contribution >= 0.6 is 34.5 Å². The molecule has 7 heteroatoms. The second-order valence-electron chi connectivity index (χ2n) is 6.62. The van der Waals surface area contributed by atoms with Crippen LogP contribution in [-0.2, 0) is 0 Å². The molecule has 1 aromatic carbocycles. The molecule has 0 saturated heterocycles. The summed E-state index contributed by atoms with van der Waals surface area (Å²) in [5.41, 5.74) is 0.298. The van der Waals surface area contributed by atoms with Crippen molar-refractivity contribution in [3.8, 4) is 11.8 Å². The van der Waals surface area contributed by atoms with Crippen LogP contribution in [0, 0.1) is 17.3 Å². The molecule has 2 rings (SSSR count). The Morgan fingerprint density at radius 2 is 1.85 bits per heavy atom. The van der Waals surface area contributed by atoms with Gasteiger partial charge in [0.05, 0.1) is 21.2 Å². The summed E-state index contributed by atoms with van der Waals surface area (Å²) in [7, 11) is 1.50. The molecule has 1 amide bonds. The van der Waals surface area contributed by atoms with Gasteiger partial charge in [0.15, 0.2) is 0 Å². The first-order chi connectivity index (χ1) is 12.0. The SMILES string of the molecule is CN(C(=O)c1ccc(Cl)cc1Cl)c1cc(C#CC(C)(C)C)sc1C(=O)O. The molecule has 0 unspecified atom stereocenters.